The molecule has 0 radical (unpaired) electrons. The Kier molecular flexibility index (Phi) is 7.68. The highest BCUT2D eigenvalue weighted by molar-refractivity contribution is 7.90. The average Bonchev–Trinajstić information content (AvgIpc) is 3.41. The van der Waals surface area contributed by atoms with Crippen molar-refractivity contribution in [1.82, 2.24) is 24.6 Å². The number of aromatic amines is 1. The predicted octanol–water partition coefficient (Wildman–Crippen LogP) is 3.02. The van der Waals surface area contributed by atoms with Gasteiger partial charge in [0.2, 0.25) is 5.78 Å². The van der Waals surface area contributed by atoms with Crippen molar-refractivity contribution in [3.8, 4) is 17.2 Å². The molecule has 5 rings (SSSR count). The first-order chi connectivity index (χ1) is 19.6. The number of hydrogen-bond acceptors (Lipinski definition) is 8. The smallest absolute Gasteiger partial charge is 0.301 e. The third kappa shape index (κ3) is 5.34. The van der Waals surface area contributed by atoms with Crippen LogP contribution in [-0.2, 0) is 10.2 Å². The summed E-state index contributed by atoms with van der Waals surface area (Å²) in [6.07, 6.45) is 4.44. The van der Waals surface area contributed by atoms with E-state index in [1.165, 1.54) is 19.4 Å². The fraction of sp³-hybridized carbons (Fsp3) is 0.259. The maximum atomic E-state index is 15.4. The number of carbonyl (C=O) groups is 1. The second-order valence-corrected chi connectivity index (χ2v) is 11.2. The Labute approximate surface area is 235 Å². The van der Waals surface area contributed by atoms with Crippen LogP contribution in [0.25, 0.3) is 22.2 Å². The molecular formula is C27H26F2N8O3S. The highest BCUT2D eigenvalue weighted by atomic mass is 32.2. The molecule has 1 aromatic carbocycles. The van der Waals surface area contributed by atoms with Gasteiger partial charge in [0.1, 0.15) is 23.4 Å². The zero-order valence-electron chi connectivity index (χ0n) is 22.2. The number of halogens is 2. The fourth-order valence-corrected chi connectivity index (χ4v) is 5.47. The maximum Gasteiger partial charge on any atom is 0.301 e. The molecule has 14 heteroatoms. The number of aromatic nitrogens is 3. The monoisotopic (exact) mass is 580 g/mol. The molecule has 0 aliphatic carbocycles. The molecule has 4 aromatic rings. The SMILES string of the molecule is CCN(C)S(=O)(=O)Nc1ccc(F)c(C(=O)c2c[nH]c3ncc(-c4cnc(N5CCNCC5)c(C#N)c4)cc23)c1F. The molecule has 1 aliphatic rings. The lowest BCUT2D eigenvalue weighted by Crippen LogP contribution is -2.44. The summed E-state index contributed by atoms with van der Waals surface area (Å²) in [5.41, 5.74) is 0.245. The number of benzene rings is 1. The molecule has 4 heterocycles. The number of pyridine rings is 2. The van der Waals surface area contributed by atoms with Gasteiger partial charge in [0.05, 0.1) is 16.8 Å². The molecule has 0 bridgehead atoms. The van der Waals surface area contributed by atoms with Crippen molar-refractivity contribution in [3.63, 3.8) is 0 Å². The van der Waals surface area contributed by atoms with Crippen LogP contribution in [0.4, 0.5) is 20.3 Å². The quantitative estimate of drug-likeness (QED) is 0.270. The van der Waals surface area contributed by atoms with Gasteiger partial charge in [-0.15, -0.1) is 0 Å². The Balaban J connectivity index is 1.52. The second kappa shape index (κ2) is 11.2. The third-order valence-corrected chi connectivity index (χ3v) is 8.48. The van der Waals surface area contributed by atoms with Crippen LogP contribution in [0, 0.1) is 23.0 Å². The lowest BCUT2D eigenvalue weighted by atomic mass is 10.00. The summed E-state index contributed by atoms with van der Waals surface area (Å²) in [5.74, 6) is -2.91. The van der Waals surface area contributed by atoms with Crippen molar-refractivity contribution in [1.29, 1.82) is 5.26 Å². The molecule has 41 heavy (non-hydrogen) atoms. The van der Waals surface area contributed by atoms with E-state index in [4.69, 9.17) is 0 Å². The van der Waals surface area contributed by atoms with Crippen molar-refractivity contribution >= 4 is 38.5 Å². The van der Waals surface area contributed by atoms with Gasteiger partial charge >= 0.3 is 10.2 Å². The molecule has 3 aromatic heterocycles. The first-order valence-corrected chi connectivity index (χ1v) is 14.2. The number of nitrogens with zero attached hydrogens (tertiary/aromatic N) is 5. The number of nitriles is 1. The van der Waals surface area contributed by atoms with Gasteiger partial charge in [-0.1, -0.05) is 6.92 Å². The Morgan fingerprint density at radius 3 is 2.59 bits per heavy atom. The van der Waals surface area contributed by atoms with Gasteiger partial charge in [-0.05, 0) is 24.3 Å². The molecule has 11 nitrogen and oxygen atoms in total. The lowest BCUT2D eigenvalue weighted by molar-refractivity contribution is 0.103. The average molecular weight is 581 g/mol. The third-order valence-electron chi connectivity index (χ3n) is 6.93. The van der Waals surface area contributed by atoms with Crippen LogP contribution in [0.3, 0.4) is 0 Å². The van der Waals surface area contributed by atoms with E-state index in [0.717, 1.165) is 29.5 Å². The zero-order valence-corrected chi connectivity index (χ0v) is 23.0. The summed E-state index contributed by atoms with van der Waals surface area (Å²) in [4.78, 5) is 27.2. The van der Waals surface area contributed by atoms with Gasteiger partial charge in [-0.2, -0.15) is 18.0 Å². The number of carbonyl (C=O) groups excluding carboxylic acids is 1. The van der Waals surface area contributed by atoms with Gasteiger partial charge in [-0.25, -0.2) is 18.7 Å². The van der Waals surface area contributed by atoms with Crippen LogP contribution >= 0.6 is 0 Å². The molecule has 1 saturated heterocycles. The fourth-order valence-electron chi connectivity index (χ4n) is 4.54. The maximum absolute atomic E-state index is 15.4. The van der Waals surface area contributed by atoms with Crippen molar-refractivity contribution in [2.75, 3.05) is 49.4 Å². The molecule has 0 unspecified atom stereocenters. The minimum absolute atomic E-state index is 0.0660. The standard InChI is InChI=1S/C27H26F2N8O3S/c1-3-36(2)41(39,40)35-22-5-4-21(28)23(24(22)29)25(38)20-15-33-26-19(20)11-18(13-32-26)17-10-16(12-30)27(34-14-17)37-8-6-31-7-9-37/h4-5,10-11,13-15,31,35H,3,6-9H2,1-2H3,(H,32,33). The molecule has 3 N–H and O–H groups in total. The van der Waals surface area contributed by atoms with E-state index >= 15 is 4.39 Å². The molecule has 0 amide bonds. The molecule has 1 aliphatic heterocycles. The van der Waals surface area contributed by atoms with Crippen LogP contribution in [-0.4, -0.2) is 73.2 Å². The number of anilines is 2. The first-order valence-electron chi connectivity index (χ1n) is 12.7. The topological polar surface area (TPSA) is 147 Å². The van der Waals surface area contributed by atoms with E-state index in [1.54, 1.807) is 25.3 Å². The van der Waals surface area contributed by atoms with E-state index < -0.39 is 38.9 Å². The lowest BCUT2D eigenvalue weighted by Gasteiger charge is -2.29. The van der Waals surface area contributed by atoms with Gasteiger partial charge in [0.25, 0.3) is 0 Å². The largest absolute Gasteiger partial charge is 0.353 e. The van der Waals surface area contributed by atoms with Gasteiger partial charge in [-0.3, -0.25) is 9.52 Å². The zero-order chi connectivity index (χ0) is 29.3. The summed E-state index contributed by atoms with van der Waals surface area (Å²) in [7, 11) is -2.83. The molecule has 1 fully saturated rings. The van der Waals surface area contributed by atoms with Crippen LogP contribution < -0.4 is 14.9 Å². The van der Waals surface area contributed by atoms with Crippen molar-refractivity contribution in [2.45, 2.75) is 6.92 Å². The van der Waals surface area contributed by atoms with Crippen LogP contribution in [0.15, 0.2) is 42.9 Å². The number of H-pyrrole nitrogens is 1. The van der Waals surface area contributed by atoms with E-state index in [-0.39, 0.29) is 17.5 Å². The normalized spacial score (nSPS) is 13.9. The van der Waals surface area contributed by atoms with E-state index in [2.05, 4.69) is 31.1 Å². The highest BCUT2D eigenvalue weighted by Gasteiger charge is 2.27. The predicted molar refractivity (Wildman–Crippen MR) is 150 cm³/mol. The van der Waals surface area contributed by atoms with Crippen LogP contribution in [0.5, 0.6) is 0 Å². The summed E-state index contributed by atoms with van der Waals surface area (Å²) in [5, 5.41) is 13.3. The Bertz CT molecular complexity index is 1800. The molecular weight excluding hydrogens is 554 g/mol. The summed E-state index contributed by atoms with van der Waals surface area (Å²) >= 11 is 0. The van der Waals surface area contributed by atoms with Crippen molar-refractivity contribution in [3.05, 3.63) is 71.2 Å². The van der Waals surface area contributed by atoms with Crippen molar-refractivity contribution < 1.29 is 22.0 Å². The summed E-state index contributed by atoms with van der Waals surface area (Å²) < 4.78 is 58.0. The molecule has 0 atom stereocenters. The van der Waals surface area contributed by atoms with Gasteiger partial charge in [0.15, 0.2) is 5.82 Å². The number of rotatable bonds is 8. The number of hydrogen-bond donors (Lipinski definition) is 3. The minimum atomic E-state index is -4.12. The van der Waals surface area contributed by atoms with Crippen LogP contribution in [0.1, 0.15) is 28.4 Å². The van der Waals surface area contributed by atoms with E-state index in [1.807, 2.05) is 4.90 Å². The number of nitrogens with one attached hydrogen (secondary N) is 3. The number of ketones is 1. The Morgan fingerprint density at radius 1 is 1.17 bits per heavy atom. The van der Waals surface area contributed by atoms with Crippen LogP contribution in [0.2, 0.25) is 0 Å². The van der Waals surface area contributed by atoms with E-state index in [0.29, 0.717) is 41.2 Å². The minimum Gasteiger partial charge on any atom is -0.353 e. The Hall–Kier alpha value is -4.45. The first kappa shape index (κ1) is 28.1. The molecule has 0 spiro atoms. The van der Waals surface area contributed by atoms with Gasteiger partial charge < -0.3 is 15.2 Å². The van der Waals surface area contributed by atoms with Gasteiger partial charge in [0, 0.05) is 80.4 Å². The number of fused-ring (bicyclic) bond motifs is 1. The van der Waals surface area contributed by atoms with E-state index in [9.17, 15) is 22.9 Å². The highest BCUT2D eigenvalue weighted by Crippen LogP contribution is 2.31. The van der Waals surface area contributed by atoms with Crippen molar-refractivity contribution in [2.24, 2.45) is 0 Å². The summed E-state index contributed by atoms with van der Waals surface area (Å²) in [6.45, 7) is 4.70. The molecule has 0 saturated carbocycles. The number of piperazine rings is 1. The summed E-state index contributed by atoms with van der Waals surface area (Å²) in [6, 6.07) is 7.24. The Morgan fingerprint density at radius 2 is 1.88 bits per heavy atom. The molecule has 212 valence electrons. The second-order valence-electron chi connectivity index (χ2n) is 9.40.